The summed E-state index contributed by atoms with van der Waals surface area (Å²) in [6, 6.07) is 11.0. The Kier molecular flexibility index (Phi) is 8.93. The number of halogens is 1. The Balaban J connectivity index is 1.62. The van der Waals surface area contributed by atoms with Gasteiger partial charge in [0.25, 0.3) is 0 Å². The monoisotopic (exact) mass is 565 g/mol. The van der Waals surface area contributed by atoms with Gasteiger partial charge in [0.15, 0.2) is 11.5 Å². The third-order valence-corrected chi connectivity index (χ3v) is 5.77. The van der Waals surface area contributed by atoms with E-state index in [1.54, 1.807) is 11.1 Å². The predicted octanol–water partition coefficient (Wildman–Crippen LogP) is 3.99. The van der Waals surface area contributed by atoms with E-state index in [-0.39, 0.29) is 18.2 Å². The Morgan fingerprint density at radius 3 is 2.48 bits per heavy atom. The number of hydrogen-bond donors (Lipinski definition) is 1. The fraction of sp³-hybridized carbons (Fsp3) is 0.375. The van der Waals surface area contributed by atoms with E-state index in [4.69, 9.17) is 14.2 Å². The minimum Gasteiger partial charge on any atom is -0.494 e. The van der Waals surface area contributed by atoms with Gasteiger partial charge < -0.3 is 19.1 Å². The molecular weight excluding hydrogens is 537 g/mol. The molecule has 0 radical (unpaired) electrons. The fourth-order valence-electron chi connectivity index (χ4n) is 3.49. The number of ether oxygens (including phenoxy) is 3. The molecule has 3 rings (SSSR count). The van der Waals surface area contributed by atoms with Gasteiger partial charge in [-0.3, -0.25) is 9.59 Å². The Morgan fingerprint density at radius 1 is 1.12 bits per heavy atom. The van der Waals surface area contributed by atoms with Crippen molar-refractivity contribution in [2.24, 2.45) is 11.0 Å². The molecule has 1 fully saturated rings. The lowest BCUT2D eigenvalue weighted by atomic mass is 10.1. The quantitative estimate of drug-likeness (QED) is 0.268. The number of anilines is 1. The van der Waals surface area contributed by atoms with E-state index in [0.717, 1.165) is 20.6 Å². The van der Waals surface area contributed by atoms with Gasteiger partial charge in [-0.25, -0.2) is 5.43 Å². The third-order valence-electron chi connectivity index (χ3n) is 4.96. The molecule has 0 aliphatic carbocycles. The fourth-order valence-corrected chi connectivity index (χ4v) is 4.27. The highest BCUT2D eigenvalue weighted by Gasteiger charge is 2.35. The predicted molar refractivity (Wildman–Crippen MR) is 135 cm³/mol. The summed E-state index contributed by atoms with van der Waals surface area (Å²) in [4.78, 5) is 26.7. The molecule has 1 saturated heterocycles. The van der Waals surface area contributed by atoms with Crippen LogP contribution in [0.5, 0.6) is 17.2 Å². The van der Waals surface area contributed by atoms with E-state index in [0.29, 0.717) is 37.9 Å². The van der Waals surface area contributed by atoms with Crippen LogP contribution in [0.2, 0.25) is 0 Å². The number of nitrogens with zero attached hydrogens (tertiary/aromatic N) is 2. The molecule has 1 heterocycles. The number of hydrazone groups is 1. The van der Waals surface area contributed by atoms with Gasteiger partial charge in [-0.2, -0.15) is 5.10 Å². The van der Waals surface area contributed by atoms with Crippen LogP contribution in [0.3, 0.4) is 0 Å². The summed E-state index contributed by atoms with van der Waals surface area (Å²) >= 11 is 2.18. The Hall–Kier alpha value is -2.82. The van der Waals surface area contributed by atoms with Crippen LogP contribution in [0.4, 0.5) is 5.69 Å². The zero-order valence-electron chi connectivity index (χ0n) is 19.0. The summed E-state index contributed by atoms with van der Waals surface area (Å²) in [6.07, 6.45) is 1.70. The number of hydrogen-bond acceptors (Lipinski definition) is 6. The Labute approximate surface area is 207 Å². The molecule has 1 aliphatic rings. The molecule has 33 heavy (non-hydrogen) atoms. The second-order valence-corrected chi connectivity index (χ2v) is 8.42. The van der Waals surface area contributed by atoms with Gasteiger partial charge in [-0.05, 0) is 85.3 Å². The van der Waals surface area contributed by atoms with Gasteiger partial charge in [-0.15, -0.1) is 0 Å². The molecule has 8 nitrogen and oxygen atoms in total. The van der Waals surface area contributed by atoms with Crippen LogP contribution in [0.1, 0.15) is 32.8 Å². The highest BCUT2D eigenvalue weighted by Crippen LogP contribution is 2.34. The van der Waals surface area contributed by atoms with Crippen LogP contribution in [-0.2, 0) is 9.59 Å². The molecule has 2 amide bonds. The van der Waals surface area contributed by atoms with Gasteiger partial charge >= 0.3 is 0 Å². The van der Waals surface area contributed by atoms with E-state index in [1.807, 2.05) is 57.2 Å². The first-order valence-corrected chi connectivity index (χ1v) is 12.0. The highest BCUT2D eigenvalue weighted by molar-refractivity contribution is 14.1. The van der Waals surface area contributed by atoms with Crippen molar-refractivity contribution < 1.29 is 23.8 Å². The Bertz CT molecular complexity index is 1010. The van der Waals surface area contributed by atoms with Crippen molar-refractivity contribution in [2.75, 3.05) is 31.3 Å². The van der Waals surface area contributed by atoms with E-state index >= 15 is 0 Å². The Morgan fingerprint density at radius 2 is 1.82 bits per heavy atom. The largest absolute Gasteiger partial charge is 0.494 e. The number of rotatable bonds is 10. The maximum absolute atomic E-state index is 12.6. The van der Waals surface area contributed by atoms with Gasteiger partial charge in [-0.1, -0.05) is 0 Å². The molecule has 2 aromatic carbocycles. The molecule has 0 aromatic heterocycles. The number of benzene rings is 2. The number of nitrogens with one attached hydrogen (secondary N) is 1. The first-order chi connectivity index (χ1) is 16.0. The summed E-state index contributed by atoms with van der Waals surface area (Å²) in [5.74, 6) is 1.21. The molecule has 9 heteroatoms. The second-order valence-electron chi connectivity index (χ2n) is 7.26. The van der Waals surface area contributed by atoms with E-state index in [9.17, 15) is 9.59 Å². The highest BCUT2D eigenvalue weighted by atomic mass is 127. The SMILES string of the molecule is CCOc1ccc(N2C[C@@H](C(=O)N/N=C\c3cc(I)c(OCC)c(OCC)c3)CC2=O)cc1. The van der Waals surface area contributed by atoms with Crippen molar-refractivity contribution in [2.45, 2.75) is 27.2 Å². The normalized spacial score (nSPS) is 15.7. The van der Waals surface area contributed by atoms with Crippen molar-refractivity contribution in [3.63, 3.8) is 0 Å². The molecule has 0 saturated carbocycles. The average Bonchev–Trinajstić information content (AvgIpc) is 3.19. The van der Waals surface area contributed by atoms with Gasteiger partial charge in [0, 0.05) is 18.7 Å². The van der Waals surface area contributed by atoms with E-state index in [1.165, 1.54) is 0 Å². The lowest BCUT2D eigenvalue weighted by Crippen LogP contribution is -2.30. The summed E-state index contributed by atoms with van der Waals surface area (Å²) in [7, 11) is 0. The molecule has 1 aliphatic heterocycles. The van der Waals surface area contributed by atoms with E-state index < -0.39 is 5.92 Å². The van der Waals surface area contributed by atoms with Crippen molar-refractivity contribution in [3.8, 4) is 17.2 Å². The summed E-state index contributed by atoms with van der Waals surface area (Å²) in [5, 5.41) is 4.09. The summed E-state index contributed by atoms with van der Waals surface area (Å²) in [5.41, 5.74) is 4.07. The lowest BCUT2D eigenvalue weighted by molar-refractivity contribution is -0.126. The van der Waals surface area contributed by atoms with Crippen LogP contribution >= 0.6 is 22.6 Å². The van der Waals surface area contributed by atoms with Gasteiger partial charge in [0.1, 0.15) is 5.75 Å². The molecule has 176 valence electrons. The smallest absolute Gasteiger partial charge is 0.245 e. The van der Waals surface area contributed by atoms with Crippen LogP contribution in [-0.4, -0.2) is 44.4 Å². The van der Waals surface area contributed by atoms with Crippen LogP contribution in [0.25, 0.3) is 0 Å². The molecule has 1 N–H and O–H groups in total. The number of carbonyl (C=O) groups excluding carboxylic acids is 2. The van der Waals surface area contributed by atoms with Crippen LogP contribution in [0, 0.1) is 9.49 Å². The minimum atomic E-state index is -0.472. The maximum Gasteiger partial charge on any atom is 0.245 e. The molecule has 0 spiro atoms. The van der Waals surface area contributed by atoms with Crippen molar-refractivity contribution in [1.29, 1.82) is 0 Å². The topological polar surface area (TPSA) is 89.5 Å². The first kappa shape index (κ1) is 24.8. The minimum absolute atomic E-state index is 0.0919. The van der Waals surface area contributed by atoms with E-state index in [2.05, 4.69) is 33.1 Å². The third kappa shape index (κ3) is 6.37. The average molecular weight is 565 g/mol. The molecule has 2 aromatic rings. The van der Waals surface area contributed by atoms with Crippen molar-refractivity contribution in [1.82, 2.24) is 5.43 Å². The zero-order valence-corrected chi connectivity index (χ0v) is 21.1. The standard InChI is InChI=1S/C24H28IN3O5/c1-4-31-19-9-7-18(8-10-19)28-15-17(13-22(28)29)24(30)27-26-14-16-11-20(25)23(33-6-3)21(12-16)32-5-2/h7-12,14,17H,4-6,13,15H2,1-3H3,(H,27,30)/b26-14-/t17-/m0/s1. The summed E-state index contributed by atoms with van der Waals surface area (Å²) in [6.45, 7) is 7.67. The second kappa shape index (κ2) is 11.9. The van der Waals surface area contributed by atoms with Gasteiger partial charge in [0.05, 0.1) is 35.5 Å². The molecule has 0 bridgehead atoms. The molecule has 1 atom stereocenters. The molecular formula is C24H28IN3O5. The van der Waals surface area contributed by atoms with Crippen molar-refractivity contribution in [3.05, 3.63) is 45.5 Å². The van der Waals surface area contributed by atoms with Crippen LogP contribution in [0.15, 0.2) is 41.5 Å². The maximum atomic E-state index is 12.6. The zero-order chi connectivity index (χ0) is 23.8. The van der Waals surface area contributed by atoms with Crippen LogP contribution < -0.4 is 24.5 Å². The number of carbonyl (C=O) groups is 2. The summed E-state index contributed by atoms with van der Waals surface area (Å²) < 4.78 is 17.7. The molecule has 0 unspecified atom stereocenters. The van der Waals surface area contributed by atoms with Crippen molar-refractivity contribution >= 4 is 46.3 Å². The first-order valence-electron chi connectivity index (χ1n) is 10.9. The number of amides is 2. The lowest BCUT2D eigenvalue weighted by Gasteiger charge is -2.17. The van der Waals surface area contributed by atoms with Gasteiger partial charge in [0.2, 0.25) is 11.8 Å².